The van der Waals surface area contributed by atoms with Crippen LogP contribution in [0.1, 0.15) is 15.9 Å². The first-order valence-electron chi connectivity index (χ1n) is 6.26. The van der Waals surface area contributed by atoms with Crippen molar-refractivity contribution in [2.45, 2.75) is 6.18 Å². The predicted octanol–water partition coefficient (Wildman–Crippen LogP) is 5.83. The van der Waals surface area contributed by atoms with Gasteiger partial charge in [0.05, 0.1) is 20.5 Å². The maximum absolute atomic E-state index is 12.7. The summed E-state index contributed by atoms with van der Waals surface area (Å²) < 4.78 is 43.3. The van der Waals surface area contributed by atoms with Gasteiger partial charge in [-0.2, -0.15) is 13.2 Å². The lowest BCUT2D eigenvalue weighted by Gasteiger charge is -2.13. The number of carboxylic acids is 1. The zero-order valence-corrected chi connectivity index (χ0v) is 14.5. The van der Waals surface area contributed by atoms with Crippen molar-refractivity contribution in [3.63, 3.8) is 0 Å². The highest BCUT2D eigenvalue weighted by Crippen LogP contribution is 2.42. The van der Waals surface area contributed by atoms with Crippen molar-refractivity contribution in [3.8, 4) is 11.5 Å². The number of hydrogen-bond acceptors (Lipinski definition) is 4. The third kappa shape index (κ3) is 4.69. The Morgan fingerprint density at radius 3 is 2.12 bits per heavy atom. The molecular formula is C14H7Cl3F3NO5. The maximum Gasteiger partial charge on any atom is 0.416 e. The van der Waals surface area contributed by atoms with Gasteiger partial charge in [-0.15, -0.1) is 12.4 Å². The van der Waals surface area contributed by atoms with E-state index in [2.05, 4.69) is 0 Å². The van der Waals surface area contributed by atoms with Gasteiger partial charge in [-0.3, -0.25) is 10.1 Å². The highest BCUT2D eigenvalue weighted by Gasteiger charge is 2.32. The summed E-state index contributed by atoms with van der Waals surface area (Å²) in [5.74, 6) is -2.13. The molecule has 2 aromatic rings. The van der Waals surface area contributed by atoms with Crippen molar-refractivity contribution < 1.29 is 32.7 Å². The van der Waals surface area contributed by atoms with Gasteiger partial charge in [-0.25, -0.2) is 4.79 Å². The Labute approximate surface area is 159 Å². The fraction of sp³-hybridized carbons (Fsp3) is 0.0714. The van der Waals surface area contributed by atoms with E-state index in [0.717, 1.165) is 18.2 Å². The van der Waals surface area contributed by atoms with Gasteiger partial charge in [-0.05, 0) is 18.2 Å². The van der Waals surface area contributed by atoms with E-state index in [1.807, 2.05) is 0 Å². The lowest BCUT2D eigenvalue weighted by atomic mass is 10.1. The summed E-state index contributed by atoms with van der Waals surface area (Å²) in [6.45, 7) is 0. The molecule has 0 unspecified atom stereocenters. The van der Waals surface area contributed by atoms with Crippen LogP contribution >= 0.6 is 35.6 Å². The molecule has 0 saturated carbocycles. The molecule has 0 fully saturated rings. The number of aromatic carboxylic acids is 1. The van der Waals surface area contributed by atoms with E-state index in [1.165, 1.54) is 0 Å². The number of benzene rings is 2. The van der Waals surface area contributed by atoms with Crippen LogP contribution in [0.5, 0.6) is 11.5 Å². The predicted molar refractivity (Wildman–Crippen MR) is 88.8 cm³/mol. The Morgan fingerprint density at radius 2 is 1.69 bits per heavy atom. The fourth-order valence-corrected chi connectivity index (χ4v) is 2.41. The minimum Gasteiger partial charge on any atom is -0.477 e. The maximum atomic E-state index is 12.7. The molecule has 12 heteroatoms. The van der Waals surface area contributed by atoms with Gasteiger partial charge in [0.1, 0.15) is 11.3 Å². The van der Waals surface area contributed by atoms with Gasteiger partial charge in [0, 0.05) is 12.1 Å². The topological polar surface area (TPSA) is 89.7 Å². The third-order valence-corrected chi connectivity index (χ3v) is 3.50. The van der Waals surface area contributed by atoms with Gasteiger partial charge >= 0.3 is 12.1 Å². The minimum atomic E-state index is -4.67. The summed E-state index contributed by atoms with van der Waals surface area (Å²) in [4.78, 5) is 21.0. The summed E-state index contributed by atoms with van der Waals surface area (Å²) in [5.41, 5.74) is -2.43. The van der Waals surface area contributed by atoms with Crippen molar-refractivity contribution >= 4 is 47.3 Å². The first-order valence-corrected chi connectivity index (χ1v) is 7.02. The minimum absolute atomic E-state index is 0. The number of alkyl halides is 3. The van der Waals surface area contributed by atoms with E-state index in [0.29, 0.717) is 12.1 Å². The highest BCUT2D eigenvalue weighted by atomic mass is 35.5. The number of nitro benzene ring substituents is 1. The van der Waals surface area contributed by atoms with Crippen LogP contribution < -0.4 is 4.74 Å². The van der Waals surface area contributed by atoms with Gasteiger partial charge in [0.2, 0.25) is 0 Å². The van der Waals surface area contributed by atoms with E-state index in [1.54, 1.807) is 0 Å². The Bertz CT molecular complexity index is 850. The molecule has 0 spiro atoms. The van der Waals surface area contributed by atoms with Crippen molar-refractivity contribution in [2.24, 2.45) is 0 Å². The van der Waals surface area contributed by atoms with Gasteiger partial charge < -0.3 is 9.84 Å². The molecular weight excluding hydrogens is 426 g/mol. The second kappa shape index (κ2) is 7.98. The van der Waals surface area contributed by atoms with Crippen LogP contribution in [0.25, 0.3) is 0 Å². The normalized spacial score (nSPS) is 10.8. The van der Waals surface area contributed by atoms with E-state index in [-0.39, 0.29) is 23.9 Å². The first-order chi connectivity index (χ1) is 11.5. The average molecular weight is 433 g/mol. The lowest BCUT2D eigenvalue weighted by Crippen LogP contribution is -2.05. The van der Waals surface area contributed by atoms with E-state index in [9.17, 15) is 28.1 Å². The van der Waals surface area contributed by atoms with Crippen molar-refractivity contribution in [2.75, 3.05) is 0 Å². The molecule has 6 nitrogen and oxygen atoms in total. The second-order valence-electron chi connectivity index (χ2n) is 4.61. The average Bonchev–Trinajstić information content (AvgIpc) is 2.49. The number of hydrogen-bond donors (Lipinski definition) is 1. The fourth-order valence-electron chi connectivity index (χ4n) is 1.85. The number of nitrogens with zero attached hydrogens (tertiary/aromatic N) is 1. The van der Waals surface area contributed by atoms with Crippen molar-refractivity contribution in [3.05, 3.63) is 61.6 Å². The SMILES string of the molecule is Cl.O=C(O)c1cc(Oc2c(Cl)cc(C(F)(F)F)cc2Cl)ccc1[N+](=O)[O-]. The highest BCUT2D eigenvalue weighted by molar-refractivity contribution is 6.37. The van der Waals surface area contributed by atoms with E-state index in [4.69, 9.17) is 33.0 Å². The van der Waals surface area contributed by atoms with Gasteiger partial charge in [0.25, 0.3) is 5.69 Å². The molecule has 26 heavy (non-hydrogen) atoms. The standard InChI is InChI=1S/C14H6Cl2F3NO5.ClH/c15-9-3-6(14(17,18)19)4-10(16)12(9)25-7-1-2-11(20(23)24)8(5-7)13(21)22;/h1-5H,(H,21,22);1H. The first kappa shape index (κ1) is 21.8. The molecule has 0 aliphatic heterocycles. The summed E-state index contributed by atoms with van der Waals surface area (Å²) >= 11 is 11.5. The largest absolute Gasteiger partial charge is 0.477 e. The third-order valence-electron chi connectivity index (χ3n) is 2.94. The number of carboxylic acid groups (broad SMARTS) is 1. The molecule has 0 saturated heterocycles. The van der Waals surface area contributed by atoms with Crippen LogP contribution in [0, 0.1) is 10.1 Å². The monoisotopic (exact) mass is 431 g/mol. The zero-order valence-electron chi connectivity index (χ0n) is 12.2. The second-order valence-corrected chi connectivity index (χ2v) is 5.42. The van der Waals surface area contributed by atoms with Crippen LogP contribution in [0.15, 0.2) is 30.3 Å². The molecule has 0 aliphatic carbocycles. The summed E-state index contributed by atoms with van der Waals surface area (Å²) in [6.07, 6.45) is -4.67. The summed E-state index contributed by atoms with van der Waals surface area (Å²) in [5, 5.41) is 18.9. The molecule has 0 bridgehead atoms. The summed E-state index contributed by atoms with van der Waals surface area (Å²) in [7, 11) is 0. The Hall–Kier alpha value is -2.23. The zero-order chi connectivity index (χ0) is 18.9. The Morgan fingerprint density at radius 1 is 1.15 bits per heavy atom. The molecule has 0 aromatic heterocycles. The van der Waals surface area contributed by atoms with Crippen LogP contribution in [0.4, 0.5) is 18.9 Å². The van der Waals surface area contributed by atoms with Crippen molar-refractivity contribution in [1.29, 1.82) is 0 Å². The Kier molecular flexibility index (Phi) is 6.70. The molecule has 0 radical (unpaired) electrons. The van der Waals surface area contributed by atoms with Crippen LogP contribution in [-0.2, 0) is 6.18 Å². The number of halogens is 6. The van der Waals surface area contributed by atoms with Gasteiger partial charge in [0.15, 0.2) is 5.75 Å². The number of carbonyl (C=O) groups is 1. The lowest BCUT2D eigenvalue weighted by molar-refractivity contribution is -0.385. The molecule has 0 atom stereocenters. The molecule has 2 aromatic carbocycles. The van der Waals surface area contributed by atoms with Crippen LogP contribution in [0.3, 0.4) is 0 Å². The smallest absolute Gasteiger partial charge is 0.416 e. The number of rotatable bonds is 4. The molecule has 1 N–H and O–H groups in total. The Balaban J connectivity index is 0.00000338. The molecule has 0 heterocycles. The van der Waals surface area contributed by atoms with E-state index < -0.39 is 43.9 Å². The molecule has 2 rings (SSSR count). The van der Waals surface area contributed by atoms with Crippen molar-refractivity contribution in [1.82, 2.24) is 0 Å². The summed E-state index contributed by atoms with van der Waals surface area (Å²) in [6, 6.07) is 3.96. The van der Waals surface area contributed by atoms with E-state index >= 15 is 0 Å². The number of ether oxygens (including phenoxy) is 1. The molecule has 0 aliphatic rings. The van der Waals surface area contributed by atoms with Gasteiger partial charge in [-0.1, -0.05) is 23.2 Å². The van der Waals surface area contributed by atoms with Crippen LogP contribution in [0.2, 0.25) is 10.0 Å². The molecule has 140 valence electrons. The molecule has 0 amide bonds. The van der Waals surface area contributed by atoms with Crippen LogP contribution in [-0.4, -0.2) is 16.0 Å². The quantitative estimate of drug-likeness (QED) is 0.485. The number of nitro groups is 1.